The molecule has 2 amide bonds. The lowest BCUT2D eigenvalue weighted by Crippen LogP contribution is -2.44. The summed E-state index contributed by atoms with van der Waals surface area (Å²) in [6.07, 6.45) is 2.18. The van der Waals surface area contributed by atoms with E-state index >= 15 is 0 Å². The number of aromatic nitrogens is 3. The number of nitrogens with one attached hydrogen (secondary N) is 2. The van der Waals surface area contributed by atoms with Gasteiger partial charge in [-0.15, -0.1) is 0 Å². The summed E-state index contributed by atoms with van der Waals surface area (Å²) in [6.45, 7) is 2.45. The minimum absolute atomic E-state index is 0.0966. The zero-order valence-corrected chi connectivity index (χ0v) is 15.7. The van der Waals surface area contributed by atoms with Gasteiger partial charge in [0, 0.05) is 12.7 Å². The number of amides is 2. The van der Waals surface area contributed by atoms with Gasteiger partial charge in [-0.25, -0.2) is 9.59 Å². The molecule has 1 unspecified atom stereocenters. The van der Waals surface area contributed by atoms with Gasteiger partial charge in [0.05, 0.1) is 11.7 Å². The molecule has 2 N–H and O–H groups in total. The third-order valence-corrected chi connectivity index (χ3v) is 4.72. The van der Waals surface area contributed by atoms with Gasteiger partial charge in [0.1, 0.15) is 18.7 Å². The Balaban J connectivity index is 1.38. The summed E-state index contributed by atoms with van der Waals surface area (Å²) in [5, 5.41) is 9.78. The molecule has 0 bridgehead atoms. The number of hydrogen-bond donors (Lipinski definition) is 2. The maximum absolute atomic E-state index is 12.3. The Morgan fingerprint density at radius 1 is 1.21 bits per heavy atom. The van der Waals surface area contributed by atoms with Crippen molar-refractivity contribution in [3.05, 3.63) is 70.4 Å². The second-order valence-electron chi connectivity index (χ2n) is 6.86. The molecule has 0 saturated carbocycles. The second-order valence-corrected chi connectivity index (χ2v) is 6.86. The molecule has 8 heteroatoms. The van der Waals surface area contributed by atoms with Gasteiger partial charge < -0.3 is 15.4 Å². The lowest BCUT2D eigenvalue weighted by atomic mass is 10.0. The van der Waals surface area contributed by atoms with Crippen molar-refractivity contribution in [1.29, 1.82) is 0 Å². The van der Waals surface area contributed by atoms with E-state index < -0.39 is 0 Å². The van der Waals surface area contributed by atoms with E-state index in [4.69, 9.17) is 4.74 Å². The summed E-state index contributed by atoms with van der Waals surface area (Å²) in [5.41, 5.74) is 3.22. The van der Waals surface area contributed by atoms with Gasteiger partial charge in [0.2, 0.25) is 0 Å². The summed E-state index contributed by atoms with van der Waals surface area (Å²) >= 11 is 0. The van der Waals surface area contributed by atoms with E-state index in [1.807, 2.05) is 25.1 Å². The van der Waals surface area contributed by atoms with Crippen molar-refractivity contribution >= 4 is 11.7 Å². The summed E-state index contributed by atoms with van der Waals surface area (Å²) < 4.78 is 8.50. The van der Waals surface area contributed by atoms with Crippen molar-refractivity contribution in [2.24, 2.45) is 7.05 Å². The zero-order chi connectivity index (χ0) is 19.7. The van der Waals surface area contributed by atoms with Crippen LogP contribution in [0.1, 0.15) is 11.1 Å². The van der Waals surface area contributed by atoms with E-state index in [9.17, 15) is 9.59 Å². The molecule has 2 aromatic carbocycles. The topological polar surface area (TPSA) is 90.2 Å². The fourth-order valence-corrected chi connectivity index (χ4v) is 3.27. The Hall–Kier alpha value is -3.55. The van der Waals surface area contributed by atoms with Gasteiger partial charge in [-0.3, -0.25) is 4.57 Å². The number of urea groups is 1. The number of ether oxygens (including phenoxy) is 1. The number of carbonyl (C=O) groups is 1. The van der Waals surface area contributed by atoms with Gasteiger partial charge in [-0.05, 0) is 48.7 Å². The van der Waals surface area contributed by atoms with Crippen LogP contribution in [0, 0.1) is 6.92 Å². The predicted molar refractivity (Wildman–Crippen MR) is 105 cm³/mol. The minimum atomic E-state index is -0.299. The van der Waals surface area contributed by atoms with Gasteiger partial charge in [0.15, 0.2) is 0 Å². The van der Waals surface area contributed by atoms with Crippen molar-refractivity contribution in [3.8, 4) is 11.4 Å². The lowest BCUT2D eigenvalue weighted by molar-refractivity contribution is 0.222. The zero-order valence-electron chi connectivity index (χ0n) is 15.7. The van der Waals surface area contributed by atoms with E-state index in [-0.39, 0.29) is 17.8 Å². The molecule has 0 spiro atoms. The number of aryl methyl sites for hydroxylation is 2. The van der Waals surface area contributed by atoms with Crippen LogP contribution in [0.25, 0.3) is 5.69 Å². The first-order chi connectivity index (χ1) is 13.5. The van der Waals surface area contributed by atoms with Crippen LogP contribution in [0.4, 0.5) is 10.5 Å². The molecule has 144 valence electrons. The molecule has 1 atom stereocenters. The van der Waals surface area contributed by atoms with Crippen molar-refractivity contribution in [2.45, 2.75) is 19.4 Å². The highest BCUT2D eigenvalue weighted by atomic mass is 16.5. The van der Waals surface area contributed by atoms with Crippen LogP contribution in [0.3, 0.4) is 0 Å². The molecular weight excluding hydrogens is 358 g/mol. The molecule has 1 aliphatic rings. The molecule has 0 saturated heterocycles. The highest BCUT2D eigenvalue weighted by molar-refractivity contribution is 5.89. The van der Waals surface area contributed by atoms with Gasteiger partial charge in [-0.1, -0.05) is 18.2 Å². The third-order valence-electron chi connectivity index (χ3n) is 4.72. The van der Waals surface area contributed by atoms with Crippen molar-refractivity contribution in [2.75, 3.05) is 11.9 Å². The maximum atomic E-state index is 12.3. The highest BCUT2D eigenvalue weighted by Gasteiger charge is 2.22. The van der Waals surface area contributed by atoms with Crippen molar-refractivity contribution in [1.82, 2.24) is 19.7 Å². The molecule has 0 aliphatic carbocycles. The Kier molecular flexibility index (Phi) is 4.60. The number of nitrogens with zero attached hydrogens (tertiary/aromatic N) is 3. The molecule has 0 fully saturated rings. The van der Waals surface area contributed by atoms with E-state index in [0.29, 0.717) is 18.0 Å². The van der Waals surface area contributed by atoms with Gasteiger partial charge in [-0.2, -0.15) is 9.78 Å². The fourth-order valence-electron chi connectivity index (χ4n) is 3.27. The fraction of sp³-hybridized carbons (Fsp3) is 0.250. The predicted octanol–water partition coefficient (Wildman–Crippen LogP) is 2.00. The number of carbonyl (C=O) groups excluding carboxylic acids is 1. The number of anilines is 1. The summed E-state index contributed by atoms with van der Waals surface area (Å²) in [4.78, 5) is 24.3. The van der Waals surface area contributed by atoms with E-state index in [1.165, 1.54) is 15.6 Å². The monoisotopic (exact) mass is 379 g/mol. The number of para-hydroxylation sites is 1. The normalized spacial score (nSPS) is 15.4. The van der Waals surface area contributed by atoms with E-state index in [0.717, 1.165) is 23.3 Å². The van der Waals surface area contributed by atoms with Gasteiger partial charge >= 0.3 is 11.7 Å². The second kappa shape index (κ2) is 7.22. The van der Waals surface area contributed by atoms with Crippen LogP contribution in [-0.4, -0.2) is 33.0 Å². The Labute approximate surface area is 161 Å². The molecule has 4 rings (SSSR count). The SMILES string of the molecule is Cc1cccc2c1OCC(NC(=O)Nc1ccc(-n3ncn(C)c3=O)cc1)C2. The quantitative estimate of drug-likeness (QED) is 0.728. The molecule has 1 aliphatic heterocycles. The highest BCUT2D eigenvalue weighted by Crippen LogP contribution is 2.28. The van der Waals surface area contributed by atoms with Crippen LogP contribution in [0.5, 0.6) is 5.75 Å². The first kappa shape index (κ1) is 17.8. The summed E-state index contributed by atoms with van der Waals surface area (Å²) in [5.74, 6) is 0.918. The Morgan fingerprint density at radius 3 is 2.71 bits per heavy atom. The minimum Gasteiger partial charge on any atom is -0.491 e. The van der Waals surface area contributed by atoms with Crippen LogP contribution in [-0.2, 0) is 13.5 Å². The maximum Gasteiger partial charge on any atom is 0.350 e. The number of hydrogen-bond acceptors (Lipinski definition) is 4. The van der Waals surface area contributed by atoms with Gasteiger partial charge in [0.25, 0.3) is 0 Å². The first-order valence-corrected chi connectivity index (χ1v) is 9.01. The summed E-state index contributed by atoms with van der Waals surface area (Å²) in [6, 6.07) is 12.5. The Bertz CT molecular complexity index is 1070. The average molecular weight is 379 g/mol. The number of fused-ring (bicyclic) bond motifs is 1. The molecular formula is C20H21N5O3. The molecule has 2 heterocycles. The molecule has 28 heavy (non-hydrogen) atoms. The standard InChI is InChI=1S/C20H21N5O3/c1-13-4-3-5-14-10-16(11-28-18(13)14)23-19(26)22-15-6-8-17(9-7-15)25-20(27)24(2)12-21-25/h3-9,12,16H,10-11H2,1-2H3,(H2,22,23,26). The average Bonchev–Trinajstić information content (AvgIpc) is 3.01. The smallest absolute Gasteiger partial charge is 0.350 e. The molecule has 8 nitrogen and oxygen atoms in total. The molecule has 3 aromatic rings. The van der Waals surface area contributed by atoms with E-state index in [1.54, 1.807) is 31.3 Å². The Morgan fingerprint density at radius 2 is 2.00 bits per heavy atom. The van der Waals surface area contributed by atoms with Crippen molar-refractivity contribution < 1.29 is 9.53 Å². The van der Waals surface area contributed by atoms with Crippen LogP contribution in [0.15, 0.2) is 53.6 Å². The van der Waals surface area contributed by atoms with Crippen LogP contribution < -0.4 is 21.1 Å². The molecule has 0 radical (unpaired) electrons. The first-order valence-electron chi connectivity index (χ1n) is 9.01. The third kappa shape index (κ3) is 3.48. The lowest BCUT2D eigenvalue weighted by Gasteiger charge is -2.27. The molecule has 1 aromatic heterocycles. The van der Waals surface area contributed by atoms with Crippen molar-refractivity contribution in [3.63, 3.8) is 0 Å². The van der Waals surface area contributed by atoms with E-state index in [2.05, 4.69) is 15.7 Å². The van der Waals surface area contributed by atoms with Crippen LogP contribution >= 0.6 is 0 Å². The van der Waals surface area contributed by atoms with Crippen LogP contribution in [0.2, 0.25) is 0 Å². The summed E-state index contributed by atoms with van der Waals surface area (Å²) in [7, 11) is 1.64. The number of rotatable bonds is 3. The number of benzene rings is 2. The largest absolute Gasteiger partial charge is 0.491 e.